The zero-order valence-electron chi connectivity index (χ0n) is 7.10. The molecule has 13 heavy (non-hydrogen) atoms. The lowest BCUT2D eigenvalue weighted by Gasteiger charge is -2.03. The number of benzene rings is 1. The molecule has 1 aromatic carbocycles. The van der Waals surface area contributed by atoms with Crippen LogP contribution in [0.2, 0.25) is 0 Å². The van der Waals surface area contributed by atoms with Crippen molar-refractivity contribution in [1.82, 2.24) is 6.15 Å². The number of aliphatic carboxylic acids is 1. The van der Waals surface area contributed by atoms with Gasteiger partial charge in [-0.05, 0) is 11.1 Å². The van der Waals surface area contributed by atoms with Crippen molar-refractivity contribution in [3.8, 4) is 0 Å². The zero-order chi connectivity index (χ0) is 8.55. The lowest BCUT2D eigenvalue weighted by Crippen LogP contribution is -2.06. The van der Waals surface area contributed by atoms with Crippen molar-refractivity contribution in [2.24, 2.45) is 0 Å². The van der Waals surface area contributed by atoms with Crippen LogP contribution in [0.25, 0.3) is 6.08 Å². The van der Waals surface area contributed by atoms with Gasteiger partial charge in [0.25, 0.3) is 0 Å². The molecule has 0 amide bonds. The number of rotatable bonds is 1. The molecule has 1 aliphatic rings. The van der Waals surface area contributed by atoms with Gasteiger partial charge in [-0.3, -0.25) is 4.79 Å². The van der Waals surface area contributed by atoms with Crippen LogP contribution in [0.15, 0.2) is 30.3 Å². The number of hydrogen-bond donors (Lipinski definition) is 2. The molecule has 0 aromatic heterocycles. The fourth-order valence-electron chi connectivity index (χ4n) is 1.46. The minimum atomic E-state index is -0.781. The first-order valence-corrected chi connectivity index (χ1v) is 3.79. The molecule has 1 aliphatic carbocycles. The standard InChI is InChI=1S/C10H8O2.H3N/c11-10(12)9-6-5-7-3-1-2-4-8(7)9;/h1-6,9H,(H,11,12);1H3. The third-order valence-corrected chi connectivity index (χ3v) is 2.07. The lowest BCUT2D eigenvalue weighted by atomic mass is 10.0. The van der Waals surface area contributed by atoms with Gasteiger partial charge in [0.2, 0.25) is 0 Å². The van der Waals surface area contributed by atoms with Gasteiger partial charge in [0.1, 0.15) is 5.92 Å². The van der Waals surface area contributed by atoms with E-state index in [1.165, 1.54) is 0 Å². The van der Waals surface area contributed by atoms with Gasteiger partial charge in [0.15, 0.2) is 0 Å². The van der Waals surface area contributed by atoms with Gasteiger partial charge in [-0.2, -0.15) is 0 Å². The molecule has 68 valence electrons. The van der Waals surface area contributed by atoms with E-state index in [1.54, 1.807) is 6.08 Å². The van der Waals surface area contributed by atoms with Crippen LogP contribution in [0.5, 0.6) is 0 Å². The van der Waals surface area contributed by atoms with Crippen LogP contribution in [-0.2, 0) is 4.79 Å². The molecule has 0 bridgehead atoms. The third kappa shape index (κ3) is 1.46. The summed E-state index contributed by atoms with van der Waals surface area (Å²) in [7, 11) is 0. The van der Waals surface area contributed by atoms with E-state index < -0.39 is 11.9 Å². The van der Waals surface area contributed by atoms with Crippen LogP contribution in [0.1, 0.15) is 17.0 Å². The van der Waals surface area contributed by atoms with Crippen molar-refractivity contribution < 1.29 is 9.90 Å². The lowest BCUT2D eigenvalue weighted by molar-refractivity contribution is -0.137. The fraction of sp³-hybridized carbons (Fsp3) is 0.100. The average Bonchev–Trinajstić information content (AvgIpc) is 2.47. The first kappa shape index (κ1) is 9.48. The molecule has 0 heterocycles. The molecule has 0 spiro atoms. The Morgan fingerprint density at radius 2 is 2.00 bits per heavy atom. The molecule has 0 saturated carbocycles. The predicted molar refractivity (Wildman–Crippen MR) is 50.9 cm³/mol. The van der Waals surface area contributed by atoms with E-state index in [9.17, 15) is 4.79 Å². The molecule has 3 nitrogen and oxygen atoms in total. The molecule has 0 aliphatic heterocycles. The van der Waals surface area contributed by atoms with Crippen molar-refractivity contribution >= 4 is 12.0 Å². The second kappa shape index (κ2) is 3.41. The van der Waals surface area contributed by atoms with E-state index in [-0.39, 0.29) is 6.15 Å². The normalized spacial score (nSPS) is 17.7. The van der Waals surface area contributed by atoms with E-state index in [1.807, 2.05) is 30.3 Å². The maximum atomic E-state index is 10.7. The Hall–Kier alpha value is -1.61. The van der Waals surface area contributed by atoms with Crippen LogP contribution in [-0.4, -0.2) is 11.1 Å². The molecule has 0 radical (unpaired) electrons. The molecule has 0 fully saturated rings. The van der Waals surface area contributed by atoms with E-state index >= 15 is 0 Å². The third-order valence-electron chi connectivity index (χ3n) is 2.07. The Bertz CT molecular complexity index is 358. The molecular weight excluding hydrogens is 166 g/mol. The minimum Gasteiger partial charge on any atom is -0.481 e. The molecular formula is C10H11NO2. The second-order valence-corrected chi connectivity index (χ2v) is 2.80. The van der Waals surface area contributed by atoms with E-state index in [0.29, 0.717) is 0 Å². The second-order valence-electron chi connectivity index (χ2n) is 2.80. The monoisotopic (exact) mass is 177 g/mol. The van der Waals surface area contributed by atoms with E-state index in [2.05, 4.69) is 0 Å². The highest BCUT2D eigenvalue weighted by Crippen LogP contribution is 2.29. The van der Waals surface area contributed by atoms with Gasteiger partial charge < -0.3 is 11.3 Å². The van der Waals surface area contributed by atoms with Crippen LogP contribution in [0, 0.1) is 0 Å². The fourth-order valence-corrected chi connectivity index (χ4v) is 1.46. The summed E-state index contributed by atoms with van der Waals surface area (Å²) in [5.74, 6) is -1.22. The topological polar surface area (TPSA) is 72.3 Å². The number of carboxylic acids is 1. The minimum absolute atomic E-state index is 0. The van der Waals surface area contributed by atoms with E-state index in [4.69, 9.17) is 5.11 Å². The Labute approximate surface area is 76.3 Å². The van der Waals surface area contributed by atoms with Crippen molar-refractivity contribution in [3.05, 3.63) is 41.5 Å². The Morgan fingerprint density at radius 1 is 1.31 bits per heavy atom. The van der Waals surface area contributed by atoms with Gasteiger partial charge in [0.05, 0.1) is 0 Å². The summed E-state index contributed by atoms with van der Waals surface area (Å²) in [6, 6.07) is 7.55. The summed E-state index contributed by atoms with van der Waals surface area (Å²) < 4.78 is 0. The molecule has 2 rings (SSSR count). The first-order valence-electron chi connectivity index (χ1n) is 3.79. The summed E-state index contributed by atoms with van der Waals surface area (Å²) in [6.45, 7) is 0. The molecule has 3 heteroatoms. The first-order chi connectivity index (χ1) is 5.79. The predicted octanol–water partition coefficient (Wildman–Crippen LogP) is 2.04. The molecule has 4 N–H and O–H groups in total. The maximum absolute atomic E-state index is 10.7. The highest BCUT2D eigenvalue weighted by molar-refractivity contribution is 5.84. The van der Waals surface area contributed by atoms with Crippen molar-refractivity contribution in [2.45, 2.75) is 5.92 Å². The number of carbonyl (C=O) groups is 1. The van der Waals surface area contributed by atoms with Crippen LogP contribution < -0.4 is 6.15 Å². The van der Waals surface area contributed by atoms with Gasteiger partial charge in [-0.15, -0.1) is 0 Å². The summed E-state index contributed by atoms with van der Waals surface area (Å²) >= 11 is 0. The van der Waals surface area contributed by atoms with Gasteiger partial charge >= 0.3 is 5.97 Å². The average molecular weight is 177 g/mol. The summed E-state index contributed by atoms with van der Waals surface area (Å²) in [5.41, 5.74) is 1.91. The molecule has 1 unspecified atom stereocenters. The SMILES string of the molecule is N.O=C(O)C1C=Cc2ccccc21. The smallest absolute Gasteiger partial charge is 0.314 e. The van der Waals surface area contributed by atoms with Crippen LogP contribution in [0.3, 0.4) is 0 Å². The number of fused-ring (bicyclic) bond motifs is 1. The summed E-state index contributed by atoms with van der Waals surface area (Å²) in [4.78, 5) is 10.7. The van der Waals surface area contributed by atoms with Crippen molar-refractivity contribution in [1.29, 1.82) is 0 Å². The van der Waals surface area contributed by atoms with Crippen molar-refractivity contribution in [2.75, 3.05) is 0 Å². The molecule has 1 aromatic rings. The number of carboxylic acid groups (broad SMARTS) is 1. The Morgan fingerprint density at radius 3 is 2.69 bits per heavy atom. The van der Waals surface area contributed by atoms with Crippen LogP contribution >= 0.6 is 0 Å². The molecule has 1 atom stereocenters. The van der Waals surface area contributed by atoms with Gasteiger partial charge in [-0.1, -0.05) is 36.4 Å². The molecule has 0 saturated heterocycles. The summed E-state index contributed by atoms with van der Waals surface area (Å²) in [6.07, 6.45) is 3.57. The summed E-state index contributed by atoms with van der Waals surface area (Å²) in [5, 5.41) is 8.81. The van der Waals surface area contributed by atoms with Crippen molar-refractivity contribution in [3.63, 3.8) is 0 Å². The quantitative estimate of drug-likeness (QED) is 0.689. The van der Waals surface area contributed by atoms with E-state index in [0.717, 1.165) is 11.1 Å². The zero-order valence-corrected chi connectivity index (χ0v) is 7.10. The van der Waals surface area contributed by atoms with Gasteiger partial charge in [0, 0.05) is 0 Å². The Kier molecular flexibility index (Phi) is 2.49. The maximum Gasteiger partial charge on any atom is 0.314 e. The number of hydrogen-bond acceptors (Lipinski definition) is 2. The highest BCUT2D eigenvalue weighted by Gasteiger charge is 2.22. The Balaban J connectivity index is 0.000000845. The van der Waals surface area contributed by atoms with Gasteiger partial charge in [-0.25, -0.2) is 0 Å². The van der Waals surface area contributed by atoms with Crippen LogP contribution in [0.4, 0.5) is 0 Å². The largest absolute Gasteiger partial charge is 0.481 e. The highest BCUT2D eigenvalue weighted by atomic mass is 16.4.